The third-order valence-electron chi connectivity index (χ3n) is 13.5. The van der Waals surface area contributed by atoms with Crippen molar-refractivity contribution < 1.29 is 28.6 Å². The van der Waals surface area contributed by atoms with Gasteiger partial charge in [0, 0.05) is 19.3 Å². The Hall–Kier alpha value is -2.89. The van der Waals surface area contributed by atoms with Crippen LogP contribution in [0.1, 0.15) is 316 Å². The van der Waals surface area contributed by atoms with Crippen LogP contribution < -0.4 is 0 Å². The summed E-state index contributed by atoms with van der Waals surface area (Å²) in [5, 5.41) is 0. The van der Waals surface area contributed by atoms with Crippen molar-refractivity contribution in [3.63, 3.8) is 0 Å². The van der Waals surface area contributed by atoms with Crippen molar-refractivity contribution >= 4 is 17.9 Å². The summed E-state index contributed by atoms with van der Waals surface area (Å²) in [7, 11) is 0. The van der Waals surface area contributed by atoms with Crippen molar-refractivity contribution in [2.75, 3.05) is 13.2 Å². The molecule has 0 N–H and O–H groups in total. The first-order valence-corrected chi connectivity index (χ1v) is 30.8. The lowest BCUT2D eigenvalue weighted by Gasteiger charge is -2.18. The first-order valence-electron chi connectivity index (χ1n) is 30.8. The molecule has 0 spiro atoms. The minimum atomic E-state index is -0.783. The number of rotatable bonds is 56. The summed E-state index contributed by atoms with van der Waals surface area (Å²) >= 11 is 0. The Labute approximate surface area is 440 Å². The molecule has 0 aliphatic heterocycles. The third-order valence-corrected chi connectivity index (χ3v) is 13.5. The molecule has 0 aromatic carbocycles. The highest BCUT2D eigenvalue weighted by Crippen LogP contribution is 2.16. The van der Waals surface area contributed by atoms with Gasteiger partial charge in [0.15, 0.2) is 6.10 Å². The van der Waals surface area contributed by atoms with E-state index in [0.717, 1.165) is 83.5 Å². The van der Waals surface area contributed by atoms with Crippen molar-refractivity contribution in [2.45, 2.75) is 322 Å². The standard InChI is InChI=1S/C65H116O6/c1-4-7-10-13-16-19-22-25-27-29-31-32-33-34-35-37-38-40-43-46-49-52-55-58-64(67)70-61-62(60-69-63(66)57-54-51-48-45-42-24-21-18-15-12-9-6-3)71-65(68)59-56-53-50-47-44-41-39-36-30-28-26-23-20-17-14-11-8-5-2/h18,21-22,25,28-31,33-34,62H,4-17,19-20,23-24,26-27,32,35-61H2,1-3H3/b21-18-,25-22-,30-28-,31-29-,34-33-. The first kappa shape index (κ1) is 68.1. The van der Waals surface area contributed by atoms with Crippen LogP contribution in [0.15, 0.2) is 60.8 Å². The van der Waals surface area contributed by atoms with Gasteiger partial charge in [0.2, 0.25) is 0 Å². The Kier molecular flexibility index (Phi) is 57.2. The van der Waals surface area contributed by atoms with Crippen molar-refractivity contribution in [1.29, 1.82) is 0 Å². The second kappa shape index (κ2) is 59.7. The summed E-state index contributed by atoms with van der Waals surface area (Å²) in [5.74, 6) is -0.889. The van der Waals surface area contributed by atoms with E-state index in [0.29, 0.717) is 19.3 Å². The Morgan fingerprint density at radius 1 is 0.282 bits per heavy atom. The molecule has 0 aliphatic rings. The summed E-state index contributed by atoms with van der Waals surface area (Å²) in [6.45, 7) is 6.62. The number of hydrogen-bond donors (Lipinski definition) is 0. The Bertz CT molecular complexity index is 1280. The normalized spacial score (nSPS) is 12.4. The topological polar surface area (TPSA) is 78.9 Å². The number of allylic oxidation sites excluding steroid dienone is 10. The molecule has 0 aromatic rings. The molecule has 0 radical (unpaired) electrons. The van der Waals surface area contributed by atoms with E-state index < -0.39 is 6.10 Å². The molecule has 0 heterocycles. The van der Waals surface area contributed by atoms with Gasteiger partial charge in [-0.1, -0.05) is 248 Å². The van der Waals surface area contributed by atoms with Crippen LogP contribution in [0.4, 0.5) is 0 Å². The molecule has 71 heavy (non-hydrogen) atoms. The van der Waals surface area contributed by atoms with Crippen LogP contribution in [0.25, 0.3) is 0 Å². The van der Waals surface area contributed by atoms with E-state index in [9.17, 15) is 14.4 Å². The Morgan fingerprint density at radius 3 is 0.831 bits per heavy atom. The molecule has 0 bridgehead atoms. The van der Waals surface area contributed by atoms with E-state index in [-0.39, 0.29) is 31.1 Å². The smallest absolute Gasteiger partial charge is 0.306 e. The van der Waals surface area contributed by atoms with Gasteiger partial charge in [0.1, 0.15) is 13.2 Å². The van der Waals surface area contributed by atoms with E-state index in [1.165, 1.54) is 193 Å². The molecule has 0 rings (SSSR count). The van der Waals surface area contributed by atoms with E-state index in [2.05, 4.69) is 81.5 Å². The zero-order chi connectivity index (χ0) is 51.4. The largest absolute Gasteiger partial charge is 0.462 e. The summed E-state index contributed by atoms with van der Waals surface area (Å²) < 4.78 is 16.9. The van der Waals surface area contributed by atoms with E-state index in [4.69, 9.17) is 14.2 Å². The van der Waals surface area contributed by atoms with Gasteiger partial charge in [-0.2, -0.15) is 0 Å². The molecule has 0 aliphatic carbocycles. The lowest BCUT2D eigenvalue weighted by atomic mass is 10.1. The maximum absolute atomic E-state index is 12.9. The molecule has 0 aromatic heterocycles. The van der Waals surface area contributed by atoms with Gasteiger partial charge in [0.05, 0.1) is 0 Å². The zero-order valence-electron chi connectivity index (χ0n) is 47.2. The number of carbonyl (C=O) groups is 3. The van der Waals surface area contributed by atoms with Crippen LogP contribution in [0, 0.1) is 0 Å². The molecule has 0 amide bonds. The van der Waals surface area contributed by atoms with Crippen LogP contribution in [0.3, 0.4) is 0 Å². The quantitative estimate of drug-likeness (QED) is 0.0261. The van der Waals surface area contributed by atoms with Crippen molar-refractivity contribution in [2.24, 2.45) is 0 Å². The number of esters is 3. The second-order valence-electron chi connectivity index (χ2n) is 20.6. The summed E-state index contributed by atoms with van der Waals surface area (Å²) in [5.41, 5.74) is 0. The fraction of sp³-hybridized carbons (Fsp3) is 0.800. The SMILES string of the molecule is CCCCC/C=C\CCCCCCCC(=O)OCC(COC(=O)CCCCCCCCCC/C=C\C/C=C\C/C=C\CCCCCCC)OC(=O)CCCCCCCCC/C=C\CCCCCCCCC. The minimum Gasteiger partial charge on any atom is -0.462 e. The third kappa shape index (κ3) is 57.9. The van der Waals surface area contributed by atoms with Crippen LogP contribution in [-0.4, -0.2) is 37.2 Å². The van der Waals surface area contributed by atoms with Gasteiger partial charge in [-0.25, -0.2) is 0 Å². The summed E-state index contributed by atoms with van der Waals surface area (Å²) in [4.78, 5) is 38.2. The van der Waals surface area contributed by atoms with Crippen molar-refractivity contribution in [3.8, 4) is 0 Å². The summed E-state index contributed by atoms with van der Waals surface area (Å²) in [6, 6.07) is 0. The number of hydrogen-bond acceptors (Lipinski definition) is 6. The lowest BCUT2D eigenvalue weighted by molar-refractivity contribution is -0.167. The number of carbonyl (C=O) groups excluding carboxylic acids is 3. The number of unbranched alkanes of at least 4 members (excludes halogenated alkanes) is 35. The molecular formula is C65H116O6. The molecule has 6 nitrogen and oxygen atoms in total. The zero-order valence-corrected chi connectivity index (χ0v) is 47.2. The van der Waals surface area contributed by atoms with Gasteiger partial charge in [-0.05, 0) is 109 Å². The molecule has 6 heteroatoms. The fourth-order valence-corrected chi connectivity index (χ4v) is 8.79. The molecule has 0 saturated heterocycles. The lowest BCUT2D eigenvalue weighted by Crippen LogP contribution is -2.30. The average Bonchev–Trinajstić information content (AvgIpc) is 3.37. The van der Waals surface area contributed by atoms with E-state index in [1.54, 1.807) is 0 Å². The molecule has 0 fully saturated rings. The average molecular weight is 994 g/mol. The maximum atomic E-state index is 12.9. The highest BCUT2D eigenvalue weighted by atomic mass is 16.6. The Morgan fingerprint density at radius 2 is 0.507 bits per heavy atom. The van der Waals surface area contributed by atoms with Gasteiger partial charge in [0.25, 0.3) is 0 Å². The van der Waals surface area contributed by atoms with Crippen LogP contribution in [0.5, 0.6) is 0 Å². The Balaban J connectivity index is 4.33. The monoisotopic (exact) mass is 993 g/mol. The molecule has 412 valence electrons. The van der Waals surface area contributed by atoms with Crippen molar-refractivity contribution in [1.82, 2.24) is 0 Å². The van der Waals surface area contributed by atoms with Gasteiger partial charge in [-0.3, -0.25) is 14.4 Å². The second-order valence-corrected chi connectivity index (χ2v) is 20.6. The first-order chi connectivity index (χ1) is 35.0. The molecular weight excluding hydrogens is 877 g/mol. The van der Waals surface area contributed by atoms with Gasteiger partial charge in [-0.15, -0.1) is 0 Å². The van der Waals surface area contributed by atoms with E-state index >= 15 is 0 Å². The fourth-order valence-electron chi connectivity index (χ4n) is 8.79. The van der Waals surface area contributed by atoms with Crippen LogP contribution in [-0.2, 0) is 28.6 Å². The van der Waals surface area contributed by atoms with Gasteiger partial charge < -0.3 is 14.2 Å². The maximum Gasteiger partial charge on any atom is 0.306 e. The predicted octanol–water partition coefficient (Wildman–Crippen LogP) is 20.8. The molecule has 1 atom stereocenters. The van der Waals surface area contributed by atoms with Crippen LogP contribution in [0.2, 0.25) is 0 Å². The highest BCUT2D eigenvalue weighted by molar-refractivity contribution is 5.71. The van der Waals surface area contributed by atoms with E-state index in [1.807, 2.05) is 0 Å². The number of ether oxygens (including phenoxy) is 3. The van der Waals surface area contributed by atoms with Crippen LogP contribution >= 0.6 is 0 Å². The highest BCUT2D eigenvalue weighted by Gasteiger charge is 2.19. The minimum absolute atomic E-state index is 0.0813. The molecule has 0 saturated carbocycles. The van der Waals surface area contributed by atoms with Gasteiger partial charge >= 0.3 is 17.9 Å². The molecule has 1 unspecified atom stereocenters. The van der Waals surface area contributed by atoms with Crippen molar-refractivity contribution in [3.05, 3.63) is 60.8 Å². The summed E-state index contributed by atoms with van der Waals surface area (Å²) in [6.07, 6.45) is 75.0. The predicted molar refractivity (Wildman–Crippen MR) is 307 cm³/mol.